The van der Waals surface area contributed by atoms with Crippen molar-refractivity contribution in [3.63, 3.8) is 0 Å². The molecule has 5 heteroatoms. The molecule has 3 amide bonds. The molecule has 4 rings (SSSR count). The van der Waals surface area contributed by atoms with Crippen molar-refractivity contribution in [2.45, 2.75) is 41.2 Å². The van der Waals surface area contributed by atoms with Gasteiger partial charge < -0.3 is 9.88 Å². The van der Waals surface area contributed by atoms with Gasteiger partial charge in [-0.2, -0.15) is 0 Å². The zero-order chi connectivity index (χ0) is 22.3. The maximum absolute atomic E-state index is 12.9. The zero-order valence-corrected chi connectivity index (χ0v) is 18.6. The molecular formula is C26H27N3O2. The molecule has 1 saturated heterocycles. The van der Waals surface area contributed by atoms with E-state index in [0.717, 1.165) is 28.2 Å². The van der Waals surface area contributed by atoms with Gasteiger partial charge in [-0.1, -0.05) is 48.0 Å². The number of aromatic nitrogens is 1. The second-order valence-corrected chi connectivity index (χ2v) is 8.27. The first-order valence-electron chi connectivity index (χ1n) is 10.4. The van der Waals surface area contributed by atoms with Gasteiger partial charge in [-0.3, -0.25) is 9.69 Å². The van der Waals surface area contributed by atoms with Gasteiger partial charge in [0.25, 0.3) is 5.91 Å². The van der Waals surface area contributed by atoms with Gasteiger partial charge in [0.15, 0.2) is 0 Å². The quantitative estimate of drug-likeness (QED) is 0.477. The highest BCUT2D eigenvalue weighted by Gasteiger charge is 2.33. The molecule has 1 aliphatic heterocycles. The monoisotopic (exact) mass is 413 g/mol. The molecule has 0 unspecified atom stereocenters. The third kappa shape index (κ3) is 3.79. The second kappa shape index (κ2) is 7.91. The predicted octanol–water partition coefficient (Wildman–Crippen LogP) is 5.11. The largest absolute Gasteiger partial charge is 0.329 e. The van der Waals surface area contributed by atoms with E-state index in [1.165, 1.54) is 21.6 Å². The van der Waals surface area contributed by atoms with Crippen LogP contribution in [-0.2, 0) is 11.3 Å². The van der Waals surface area contributed by atoms with E-state index >= 15 is 0 Å². The van der Waals surface area contributed by atoms with E-state index in [1.807, 2.05) is 37.3 Å². The number of benzene rings is 2. The van der Waals surface area contributed by atoms with Crippen molar-refractivity contribution in [1.82, 2.24) is 14.8 Å². The molecule has 2 heterocycles. The fourth-order valence-corrected chi connectivity index (χ4v) is 4.44. The lowest BCUT2D eigenvalue weighted by molar-refractivity contribution is -0.123. The minimum atomic E-state index is -0.390. The van der Waals surface area contributed by atoms with Crippen LogP contribution in [0.25, 0.3) is 11.8 Å². The molecule has 1 aromatic heterocycles. The van der Waals surface area contributed by atoms with Gasteiger partial charge >= 0.3 is 6.03 Å². The van der Waals surface area contributed by atoms with Crippen molar-refractivity contribution < 1.29 is 9.59 Å². The Morgan fingerprint density at radius 2 is 1.55 bits per heavy atom. The zero-order valence-electron chi connectivity index (χ0n) is 18.6. The van der Waals surface area contributed by atoms with Gasteiger partial charge in [-0.25, -0.2) is 4.79 Å². The summed E-state index contributed by atoms with van der Waals surface area (Å²) in [4.78, 5) is 26.6. The fourth-order valence-electron chi connectivity index (χ4n) is 4.44. The van der Waals surface area contributed by atoms with Gasteiger partial charge in [-0.15, -0.1) is 0 Å². The summed E-state index contributed by atoms with van der Waals surface area (Å²) in [6, 6.07) is 15.5. The molecule has 0 radical (unpaired) electrons. The lowest BCUT2D eigenvalue weighted by atomic mass is 10.0. The van der Waals surface area contributed by atoms with Crippen molar-refractivity contribution in [3.05, 3.63) is 93.4 Å². The number of aryl methyl sites for hydroxylation is 4. The van der Waals surface area contributed by atoms with E-state index in [9.17, 15) is 9.59 Å². The summed E-state index contributed by atoms with van der Waals surface area (Å²) in [7, 11) is 0. The van der Waals surface area contributed by atoms with Gasteiger partial charge in [0.2, 0.25) is 0 Å². The summed E-state index contributed by atoms with van der Waals surface area (Å²) in [5.41, 5.74) is 9.06. The minimum absolute atomic E-state index is 0.254. The van der Waals surface area contributed by atoms with Crippen LogP contribution in [0.4, 0.5) is 4.79 Å². The third-order valence-corrected chi connectivity index (χ3v) is 5.77. The molecule has 0 atom stereocenters. The summed E-state index contributed by atoms with van der Waals surface area (Å²) in [5, 5.41) is 2.74. The molecule has 5 nitrogen and oxygen atoms in total. The maximum atomic E-state index is 12.9. The Labute approximate surface area is 183 Å². The van der Waals surface area contributed by atoms with Crippen LogP contribution >= 0.6 is 0 Å². The van der Waals surface area contributed by atoms with E-state index in [0.29, 0.717) is 5.70 Å². The number of amides is 3. The van der Waals surface area contributed by atoms with E-state index in [4.69, 9.17) is 0 Å². The number of rotatable bonds is 4. The van der Waals surface area contributed by atoms with Crippen LogP contribution in [0.2, 0.25) is 0 Å². The van der Waals surface area contributed by atoms with Crippen molar-refractivity contribution in [2.75, 3.05) is 0 Å². The number of carbonyl (C=O) groups excluding carboxylic acids is 2. The van der Waals surface area contributed by atoms with Gasteiger partial charge in [0, 0.05) is 11.4 Å². The molecule has 0 spiro atoms. The molecule has 0 aliphatic carbocycles. The summed E-state index contributed by atoms with van der Waals surface area (Å²) >= 11 is 0. The van der Waals surface area contributed by atoms with Crippen LogP contribution in [0.5, 0.6) is 0 Å². The summed E-state index contributed by atoms with van der Waals surface area (Å²) in [5.74, 6) is -0.304. The van der Waals surface area contributed by atoms with Gasteiger partial charge in [-0.05, 0) is 69.0 Å². The third-order valence-electron chi connectivity index (χ3n) is 5.77. The highest BCUT2D eigenvalue weighted by molar-refractivity contribution is 6.14. The van der Waals surface area contributed by atoms with Crippen molar-refractivity contribution in [2.24, 2.45) is 0 Å². The van der Waals surface area contributed by atoms with E-state index in [1.54, 1.807) is 6.08 Å². The fraction of sp³-hybridized carbons (Fsp3) is 0.231. The maximum Gasteiger partial charge on any atom is 0.329 e. The highest BCUT2D eigenvalue weighted by Crippen LogP contribution is 2.28. The first kappa shape index (κ1) is 20.7. The van der Waals surface area contributed by atoms with E-state index in [-0.39, 0.29) is 18.5 Å². The Kier molecular flexibility index (Phi) is 5.27. The number of hydrogen-bond donors (Lipinski definition) is 1. The average Bonchev–Trinajstić information content (AvgIpc) is 3.13. The number of nitrogens with one attached hydrogen (secondary N) is 1. The molecule has 3 aromatic rings. The smallest absolute Gasteiger partial charge is 0.317 e. The lowest BCUT2D eigenvalue weighted by Gasteiger charge is -2.17. The topological polar surface area (TPSA) is 54.3 Å². The Morgan fingerprint density at radius 3 is 2.19 bits per heavy atom. The Balaban J connectivity index is 1.68. The molecule has 1 aliphatic rings. The lowest BCUT2D eigenvalue weighted by Crippen LogP contribution is -2.30. The van der Waals surface area contributed by atoms with Gasteiger partial charge in [0.05, 0.1) is 12.2 Å². The molecular weight excluding hydrogens is 386 g/mol. The Bertz CT molecular complexity index is 1200. The number of imide groups is 1. The number of urea groups is 1. The van der Waals surface area contributed by atoms with E-state index in [2.05, 4.69) is 55.8 Å². The molecule has 1 fully saturated rings. The Morgan fingerprint density at radius 1 is 0.903 bits per heavy atom. The van der Waals surface area contributed by atoms with Crippen molar-refractivity contribution >= 4 is 18.0 Å². The molecule has 1 N–H and O–H groups in total. The SMILES string of the molecule is Cc1cc(C)c(-n2c(C)cc(/C=C3/NC(=O)N(Cc4ccccc4)C3=O)c2C)c(C)c1. The van der Waals surface area contributed by atoms with Crippen LogP contribution in [-0.4, -0.2) is 21.4 Å². The van der Waals surface area contributed by atoms with Crippen LogP contribution in [0.1, 0.15) is 39.2 Å². The van der Waals surface area contributed by atoms with Gasteiger partial charge in [0.1, 0.15) is 5.70 Å². The predicted molar refractivity (Wildman–Crippen MR) is 123 cm³/mol. The first-order valence-corrected chi connectivity index (χ1v) is 10.4. The first-order chi connectivity index (χ1) is 14.8. The van der Waals surface area contributed by atoms with Crippen LogP contribution in [0, 0.1) is 34.6 Å². The summed E-state index contributed by atoms with van der Waals surface area (Å²) in [6.45, 7) is 10.7. The summed E-state index contributed by atoms with van der Waals surface area (Å²) < 4.78 is 2.22. The summed E-state index contributed by atoms with van der Waals surface area (Å²) in [6.07, 6.45) is 1.78. The van der Waals surface area contributed by atoms with Crippen LogP contribution in [0.3, 0.4) is 0 Å². The van der Waals surface area contributed by atoms with E-state index < -0.39 is 0 Å². The normalized spacial score (nSPS) is 15.1. The number of hydrogen-bond acceptors (Lipinski definition) is 2. The Hall–Kier alpha value is -3.60. The van der Waals surface area contributed by atoms with Crippen molar-refractivity contribution in [3.8, 4) is 5.69 Å². The molecule has 158 valence electrons. The molecule has 2 aromatic carbocycles. The minimum Gasteiger partial charge on any atom is -0.317 e. The van der Waals surface area contributed by atoms with Crippen LogP contribution in [0.15, 0.2) is 54.2 Å². The highest BCUT2D eigenvalue weighted by atomic mass is 16.2. The number of carbonyl (C=O) groups is 2. The molecule has 0 bridgehead atoms. The standard InChI is InChI=1S/C26H27N3O2/c1-16-11-17(2)24(18(3)12-16)29-19(4)13-22(20(29)5)14-23-25(30)28(26(31)27-23)15-21-9-7-6-8-10-21/h6-14H,15H2,1-5H3,(H,27,31)/b23-14+. The molecule has 31 heavy (non-hydrogen) atoms. The van der Waals surface area contributed by atoms with Crippen molar-refractivity contribution in [1.29, 1.82) is 0 Å². The average molecular weight is 414 g/mol. The number of nitrogens with zero attached hydrogens (tertiary/aromatic N) is 2. The molecule has 0 saturated carbocycles. The van der Waals surface area contributed by atoms with Crippen LogP contribution < -0.4 is 5.32 Å². The second-order valence-electron chi connectivity index (χ2n) is 8.27.